The van der Waals surface area contributed by atoms with E-state index in [1.54, 1.807) is 0 Å². The summed E-state index contributed by atoms with van der Waals surface area (Å²) >= 11 is 0. The zero-order valence-corrected chi connectivity index (χ0v) is 13.3. The van der Waals surface area contributed by atoms with Crippen LogP contribution < -0.4 is 0 Å². The van der Waals surface area contributed by atoms with E-state index >= 15 is 0 Å². The third-order valence-electron chi connectivity index (χ3n) is 4.49. The maximum absolute atomic E-state index is 12.8. The lowest BCUT2D eigenvalue weighted by molar-refractivity contribution is -0.160. The quantitative estimate of drug-likeness (QED) is 0.861. The first-order chi connectivity index (χ1) is 10.8. The average molecular weight is 307 g/mol. The molecule has 0 radical (unpaired) electrons. The topological polar surface area (TPSA) is 51.9 Å². The molecule has 0 aromatic carbocycles. The summed E-state index contributed by atoms with van der Waals surface area (Å²) in [6.45, 7) is 4.28. The fourth-order valence-electron chi connectivity index (χ4n) is 3.25. The van der Waals surface area contributed by atoms with E-state index in [0.29, 0.717) is 19.8 Å². The Labute approximate surface area is 131 Å². The minimum absolute atomic E-state index is 0.0285. The first-order valence-corrected chi connectivity index (χ1v) is 8.38. The van der Waals surface area contributed by atoms with E-state index < -0.39 is 6.10 Å². The SMILES string of the molecule is CCc1ccc([C@H]2CCCCCN2C(=O)[C@H]2COCCO2)o1. The van der Waals surface area contributed by atoms with Crippen LogP contribution in [0.15, 0.2) is 16.5 Å². The molecule has 2 aliphatic rings. The number of carbonyl (C=O) groups is 1. The molecule has 3 rings (SSSR count). The van der Waals surface area contributed by atoms with E-state index in [-0.39, 0.29) is 11.9 Å². The van der Waals surface area contributed by atoms with Crippen LogP contribution in [0, 0.1) is 0 Å². The van der Waals surface area contributed by atoms with Crippen LogP contribution >= 0.6 is 0 Å². The lowest BCUT2D eigenvalue weighted by Gasteiger charge is -2.33. The first kappa shape index (κ1) is 15.6. The molecule has 2 saturated heterocycles. The van der Waals surface area contributed by atoms with Crippen molar-refractivity contribution in [2.24, 2.45) is 0 Å². The molecule has 2 atom stereocenters. The number of hydrogen-bond donors (Lipinski definition) is 0. The summed E-state index contributed by atoms with van der Waals surface area (Å²) in [5.41, 5.74) is 0. The van der Waals surface area contributed by atoms with Gasteiger partial charge >= 0.3 is 0 Å². The van der Waals surface area contributed by atoms with Crippen molar-refractivity contribution < 1.29 is 18.7 Å². The molecule has 3 heterocycles. The van der Waals surface area contributed by atoms with Gasteiger partial charge in [0.1, 0.15) is 11.5 Å². The molecule has 0 aliphatic carbocycles. The highest BCUT2D eigenvalue weighted by atomic mass is 16.6. The summed E-state index contributed by atoms with van der Waals surface area (Å²) in [5.74, 6) is 1.92. The van der Waals surface area contributed by atoms with Gasteiger partial charge in [0.25, 0.3) is 5.91 Å². The second-order valence-corrected chi connectivity index (χ2v) is 5.99. The van der Waals surface area contributed by atoms with Gasteiger partial charge in [-0.05, 0) is 25.0 Å². The molecule has 0 bridgehead atoms. The van der Waals surface area contributed by atoms with Crippen molar-refractivity contribution in [2.45, 2.75) is 51.2 Å². The van der Waals surface area contributed by atoms with Gasteiger partial charge < -0.3 is 18.8 Å². The normalized spacial score (nSPS) is 26.7. The van der Waals surface area contributed by atoms with Gasteiger partial charge in [0, 0.05) is 13.0 Å². The number of amides is 1. The fourth-order valence-corrected chi connectivity index (χ4v) is 3.25. The predicted molar refractivity (Wildman–Crippen MR) is 81.6 cm³/mol. The zero-order chi connectivity index (χ0) is 15.4. The summed E-state index contributed by atoms with van der Waals surface area (Å²) in [5, 5.41) is 0. The van der Waals surface area contributed by atoms with E-state index in [2.05, 4.69) is 6.92 Å². The van der Waals surface area contributed by atoms with Crippen LogP contribution in [0.4, 0.5) is 0 Å². The van der Waals surface area contributed by atoms with Crippen LogP contribution in [-0.4, -0.2) is 43.3 Å². The zero-order valence-electron chi connectivity index (χ0n) is 13.3. The first-order valence-electron chi connectivity index (χ1n) is 8.38. The number of rotatable bonds is 3. The Morgan fingerprint density at radius 3 is 2.91 bits per heavy atom. The minimum atomic E-state index is -0.463. The molecule has 1 amide bonds. The molecule has 1 aromatic heterocycles. The van der Waals surface area contributed by atoms with E-state index in [9.17, 15) is 4.79 Å². The Kier molecular flexibility index (Phi) is 5.16. The fraction of sp³-hybridized carbons (Fsp3) is 0.706. The third-order valence-corrected chi connectivity index (χ3v) is 4.49. The number of furan rings is 1. The summed E-state index contributed by atoms with van der Waals surface area (Å²) in [4.78, 5) is 14.8. The molecular formula is C17H25NO4. The van der Waals surface area contributed by atoms with Crippen molar-refractivity contribution in [3.05, 3.63) is 23.7 Å². The van der Waals surface area contributed by atoms with E-state index in [1.807, 2.05) is 17.0 Å². The molecule has 1 aromatic rings. The second kappa shape index (κ2) is 7.29. The molecule has 2 aliphatic heterocycles. The number of ether oxygens (including phenoxy) is 2. The minimum Gasteiger partial charge on any atom is -0.464 e. The molecule has 0 saturated carbocycles. The van der Waals surface area contributed by atoms with E-state index in [1.165, 1.54) is 0 Å². The van der Waals surface area contributed by atoms with Crippen LogP contribution in [0.1, 0.15) is 50.2 Å². The van der Waals surface area contributed by atoms with E-state index in [4.69, 9.17) is 13.9 Å². The summed E-state index contributed by atoms with van der Waals surface area (Å²) in [6.07, 6.45) is 4.69. The van der Waals surface area contributed by atoms with Crippen molar-refractivity contribution in [3.63, 3.8) is 0 Å². The van der Waals surface area contributed by atoms with Crippen molar-refractivity contribution in [3.8, 4) is 0 Å². The second-order valence-electron chi connectivity index (χ2n) is 5.99. The number of aryl methyl sites for hydroxylation is 1. The molecule has 5 nitrogen and oxygen atoms in total. The van der Waals surface area contributed by atoms with Crippen molar-refractivity contribution in [1.29, 1.82) is 0 Å². The molecule has 122 valence electrons. The highest BCUT2D eigenvalue weighted by Crippen LogP contribution is 2.32. The Balaban J connectivity index is 1.79. The largest absolute Gasteiger partial charge is 0.464 e. The Bertz CT molecular complexity index is 493. The predicted octanol–water partition coefficient (Wildman–Crippen LogP) is 2.70. The van der Waals surface area contributed by atoms with Crippen LogP contribution in [-0.2, 0) is 20.7 Å². The lowest BCUT2D eigenvalue weighted by atomic mass is 10.1. The summed E-state index contributed by atoms with van der Waals surface area (Å²) < 4.78 is 16.9. The molecule has 22 heavy (non-hydrogen) atoms. The Hall–Kier alpha value is -1.33. The van der Waals surface area contributed by atoms with Crippen LogP contribution in [0.2, 0.25) is 0 Å². The summed E-state index contributed by atoms with van der Waals surface area (Å²) in [7, 11) is 0. The molecule has 0 N–H and O–H groups in total. The highest BCUT2D eigenvalue weighted by molar-refractivity contribution is 5.81. The van der Waals surface area contributed by atoms with Gasteiger partial charge in [0.05, 0.1) is 25.9 Å². The molecule has 0 spiro atoms. The number of hydrogen-bond acceptors (Lipinski definition) is 4. The van der Waals surface area contributed by atoms with Gasteiger partial charge in [0.15, 0.2) is 6.10 Å². The van der Waals surface area contributed by atoms with Crippen LogP contribution in [0.3, 0.4) is 0 Å². The van der Waals surface area contributed by atoms with Crippen molar-refractivity contribution >= 4 is 5.91 Å². The molecule has 0 unspecified atom stereocenters. The van der Waals surface area contributed by atoms with Gasteiger partial charge in [-0.25, -0.2) is 0 Å². The van der Waals surface area contributed by atoms with Crippen LogP contribution in [0.25, 0.3) is 0 Å². The van der Waals surface area contributed by atoms with Gasteiger partial charge in [0.2, 0.25) is 0 Å². The smallest absolute Gasteiger partial charge is 0.254 e. The van der Waals surface area contributed by atoms with Crippen molar-refractivity contribution in [1.82, 2.24) is 4.90 Å². The maximum Gasteiger partial charge on any atom is 0.254 e. The molecule has 5 heteroatoms. The Morgan fingerprint density at radius 1 is 1.27 bits per heavy atom. The number of nitrogens with zero attached hydrogens (tertiary/aromatic N) is 1. The maximum atomic E-state index is 12.8. The third kappa shape index (κ3) is 3.36. The molecule has 2 fully saturated rings. The monoisotopic (exact) mass is 307 g/mol. The van der Waals surface area contributed by atoms with Gasteiger partial charge in [-0.15, -0.1) is 0 Å². The van der Waals surface area contributed by atoms with Gasteiger partial charge in [-0.1, -0.05) is 19.8 Å². The standard InChI is InChI=1S/C17H25NO4/c1-2-13-7-8-15(22-13)14-6-4-3-5-9-18(14)17(19)16-12-20-10-11-21-16/h7-8,14,16H,2-6,9-12H2,1H3/t14-,16-/m1/s1. The number of carbonyl (C=O) groups excluding carboxylic acids is 1. The van der Waals surface area contributed by atoms with Gasteiger partial charge in [-0.2, -0.15) is 0 Å². The Morgan fingerprint density at radius 2 is 2.18 bits per heavy atom. The lowest BCUT2D eigenvalue weighted by Crippen LogP contribution is -2.46. The molecular weight excluding hydrogens is 282 g/mol. The highest BCUT2D eigenvalue weighted by Gasteiger charge is 2.34. The van der Waals surface area contributed by atoms with E-state index in [0.717, 1.165) is 50.2 Å². The van der Waals surface area contributed by atoms with Gasteiger partial charge in [-0.3, -0.25) is 4.79 Å². The summed E-state index contributed by atoms with van der Waals surface area (Å²) in [6, 6.07) is 4.07. The average Bonchev–Trinajstić information content (AvgIpc) is 2.92. The van der Waals surface area contributed by atoms with Crippen molar-refractivity contribution in [2.75, 3.05) is 26.4 Å². The van der Waals surface area contributed by atoms with Crippen LogP contribution in [0.5, 0.6) is 0 Å². The number of likely N-dealkylation sites (tertiary alicyclic amines) is 1.